The molecule has 1 aliphatic heterocycles. The molecule has 0 unspecified atom stereocenters. The van der Waals surface area contributed by atoms with Crippen LogP contribution in [-0.4, -0.2) is 52.7 Å². The fourth-order valence-electron chi connectivity index (χ4n) is 2.35. The molecule has 2 N–H and O–H groups in total. The van der Waals surface area contributed by atoms with Gasteiger partial charge in [0.2, 0.25) is 0 Å². The van der Waals surface area contributed by atoms with Gasteiger partial charge in [0.25, 0.3) is 5.91 Å². The number of carboxylic acids is 1. The van der Waals surface area contributed by atoms with Gasteiger partial charge < -0.3 is 19.7 Å². The number of H-pyrrole nitrogens is 1. The zero-order valence-corrected chi connectivity index (χ0v) is 10.7. The third-order valence-electron chi connectivity index (χ3n) is 3.43. The van der Waals surface area contributed by atoms with Crippen LogP contribution >= 0.6 is 0 Å². The first-order chi connectivity index (χ1) is 9.65. The molecule has 2 aromatic rings. The Morgan fingerprint density at radius 2 is 2.20 bits per heavy atom. The Labute approximate surface area is 114 Å². The zero-order chi connectivity index (χ0) is 14.1. The lowest BCUT2D eigenvalue weighted by Crippen LogP contribution is -2.48. The van der Waals surface area contributed by atoms with Gasteiger partial charge in [-0.2, -0.15) is 0 Å². The van der Waals surface area contributed by atoms with Gasteiger partial charge in [0, 0.05) is 29.2 Å². The van der Waals surface area contributed by atoms with E-state index in [0.29, 0.717) is 12.1 Å². The van der Waals surface area contributed by atoms with Gasteiger partial charge in [-0.3, -0.25) is 4.79 Å². The van der Waals surface area contributed by atoms with E-state index in [2.05, 4.69) is 4.98 Å². The number of benzene rings is 1. The van der Waals surface area contributed by atoms with Crippen molar-refractivity contribution in [1.82, 2.24) is 9.88 Å². The number of rotatable bonds is 2. The van der Waals surface area contributed by atoms with Crippen LogP contribution in [0.5, 0.6) is 0 Å². The van der Waals surface area contributed by atoms with Gasteiger partial charge in [-0.15, -0.1) is 0 Å². The molecule has 0 aliphatic carbocycles. The van der Waals surface area contributed by atoms with E-state index in [1.54, 1.807) is 12.1 Å². The summed E-state index contributed by atoms with van der Waals surface area (Å²) in [7, 11) is 0. The highest BCUT2D eigenvalue weighted by Gasteiger charge is 2.29. The number of carbonyl (C=O) groups is 2. The molecule has 0 bridgehead atoms. The Morgan fingerprint density at radius 3 is 3.00 bits per heavy atom. The molecule has 1 aliphatic rings. The quantitative estimate of drug-likeness (QED) is 0.859. The largest absolute Gasteiger partial charge is 0.479 e. The summed E-state index contributed by atoms with van der Waals surface area (Å²) in [5.74, 6) is -1.20. The molecule has 6 heteroatoms. The van der Waals surface area contributed by atoms with Gasteiger partial charge in [-0.25, -0.2) is 4.79 Å². The molecule has 104 valence electrons. The van der Waals surface area contributed by atoms with Crippen LogP contribution in [0.1, 0.15) is 10.4 Å². The second kappa shape index (κ2) is 4.97. The van der Waals surface area contributed by atoms with Gasteiger partial charge in [0.15, 0.2) is 6.10 Å². The van der Waals surface area contributed by atoms with E-state index < -0.39 is 12.1 Å². The number of aromatic nitrogens is 1. The first-order valence-corrected chi connectivity index (χ1v) is 6.36. The fourth-order valence-corrected chi connectivity index (χ4v) is 2.35. The van der Waals surface area contributed by atoms with Crippen LogP contribution in [0.2, 0.25) is 0 Å². The van der Waals surface area contributed by atoms with Crippen LogP contribution < -0.4 is 0 Å². The third-order valence-corrected chi connectivity index (χ3v) is 3.43. The van der Waals surface area contributed by atoms with Gasteiger partial charge in [0.1, 0.15) is 0 Å². The standard InChI is InChI=1S/C14H14N2O4/c17-13(16-5-6-20-12(8-16)14(18)19)10-1-2-11-9(7-10)3-4-15-11/h1-4,7,12,15H,5-6,8H2,(H,18,19)/t12-/m1/s1. The smallest absolute Gasteiger partial charge is 0.334 e. The van der Waals surface area contributed by atoms with Crippen molar-refractivity contribution in [3.05, 3.63) is 36.0 Å². The summed E-state index contributed by atoms with van der Waals surface area (Å²) in [5.41, 5.74) is 1.52. The van der Waals surface area contributed by atoms with Crippen molar-refractivity contribution in [2.24, 2.45) is 0 Å². The Morgan fingerprint density at radius 1 is 1.35 bits per heavy atom. The molecule has 1 fully saturated rings. The molecule has 20 heavy (non-hydrogen) atoms. The van der Waals surface area contributed by atoms with E-state index >= 15 is 0 Å². The zero-order valence-electron chi connectivity index (χ0n) is 10.7. The molecule has 1 saturated heterocycles. The second-order valence-corrected chi connectivity index (χ2v) is 4.73. The van der Waals surface area contributed by atoms with Crippen LogP contribution in [0.25, 0.3) is 10.9 Å². The van der Waals surface area contributed by atoms with Crippen LogP contribution in [-0.2, 0) is 9.53 Å². The number of morpholine rings is 1. The molecule has 2 heterocycles. The highest BCUT2D eigenvalue weighted by molar-refractivity contribution is 5.98. The minimum Gasteiger partial charge on any atom is -0.479 e. The fraction of sp³-hybridized carbons (Fsp3) is 0.286. The van der Waals surface area contributed by atoms with Crippen molar-refractivity contribution in [3.63, 3.8) is 0 Å². The number of nitrogens with one attached hydrogen (secondary N) is 1. The predicted molar refractivity (Wildman–Crippen MR) is 71.6 cm³/mol. The molecule has 1 amide bonds. The van der Waals surface area contributed by atoms with Crippen LogP contribution in [0, 0.1) is 0 Å². The molecule has 1 atom stereocenters. The number of carboxylic acid groups (broad SMARTS) is 1. The number of fused-ring (bicyclic) bond motifs is 1. The number of aliphatic carboxylic acids is 1. The lowest BCUT2D eigenvalue weighted by molar-refractivity contribution is -0.154. The topological polar surface area (TPSA) is 82.6 Å². The maximum Gasteiger partial charge on any atom is 0.334 e. The summed E-state index contributed by atoms with van der Waals surface area (Å²) in [6, 6.07) is 7.29. The van der Waals surface area contributed by atoms with Gasteiger partial charge in [-0.1, -0.05) is 0 Å². The molecule has 6 nitrogen and oxygen atoms in total. The van der Waals surface area contributed by atoms with E-state index in [1.165, 1.54) is 4.90 Å². The lowest BCUT2D eigenvalue weighted by atomic mass is 10.1. The number of nitrogens with zero attached hydrogens (tertiary/aromatic N) is 1. The first-order valence-electron chi connectivity index (χ1n) is 6.36. The number of ether oxygens (including phenoxy) is 1. The summed E-state index contributed by atoms with van der Waals surface area (Å²) in [5, 5.41) is 9.91. The van der Waals surface area contributed by atoms with Crippen molar-refractivity contribution in [2.45, 2.75) is 6.10 Å². The average Bonchev–Trinajstić information content (AvgIpc) is 2.94. The normalized spacial score (nSPS) is 19.2. The highest BCUT2D eigenvalue weighted by Crippen LogP contribution is 2.17. The van der Waals surface area contributed by atoms with Crippen molar-refractivity contribution < 1.29 is 19.4 Å². The summed E-state index contributed by atoms with van der Waals surface area (Å²) in [4.78, 5) is 27.9. The maximum atomic E-state index is 12.4. The summed E-state index contributed by atoms with van der Waals surface area (Å²) in [6.45, 7) is 0.738. The monoisotopic (exact) mass is 274 g/mol. The maximum absolute atomic E-state index is 12.4. The number of aromatic amines is 1. The van der Waals surface area contributed by atoms with Gasteiger partial charge in [-0.05, 0) is 24.3 Å². The van der Waals surface area contributed by atoms with Gasteiger partial charge >= 0.3 is 5.97 Å². The molecular formula is C14H14N2O4. The Balaban J connectivity index is 1.82. The van der Waals surface area contributed by atoms with Crippen molar-refractivity contribution >= 4 is 22.8 Å². The molecular weight excluding hydrogens is 260 g/mol. The van der Waals surface area contributed by atoms with E-state index in [9.17, 15) is 9.59 Å². The highest BCUT2D eigenvalue weighted by atomic mass is 16.5. The van der Waals surface area contributed by atoms with E-state index in [1.807, 2.05) is 18.3 Å². The molecule has 1 aromatic carbocycles. The summed E-state index contributed by atoms with van der Waals surface area (Å²) >= 11 is 0. The van der Waals surface area contributed by atoms with Crippen LogP contribution in [0.15, 0.2) is 30.5 Å². The number of hydrogen-bond donors (Lipinski definition) is 2. The molecule has 0 radical (unpaired) electrons. The van der Waals surface area contributed by atoms with E-state index in [0.717, 1.165) is 10.9 Å². The minimum atomic E-state index is -1.04. The number of hydrogen-bond acceptors (Lipinski definition) is 3. The van der Waals surface area contributed by atoms with E-state index in [4.69, 9.17) is 9.84 Å². The Hall–Kier alpha value is -2.34. The molecule has 3 rings (SSSR count). The summed E-state index contributed by atoms with van der Waals surface area (Å²) in [6.07, 6.45) is 0.873. The molecule has 0 saturated carbocycles. The van der Waals surface area contributed by atoms with Crippen molar-refractivity contribution in [3.8, 4) is 0 Å². The predicted octanol–water partition coefficient (Wildman–Crippen LogP) is 1.09. The minimum absolute atomic E-state index is 0.0827. The first kappa shape index (κ1) is 12.7. The average molecular weight is 274 g/mol. The van der Waals surface area contributed by atoms with E-state index in [-0.39, 0.29) is 19.1 Å². The number of carbonyl (C=O) groups excluding carboxylic acids is 1. The Kier molecular flexibility index (Phi) is 3.15. The Bertz CT molecular complexity index is 664. The van der Waals surface area contributed by atoms with Gasteiger partial charge in [0.05, 0.1) is 13.2 Å². The van der Waals surface area contributed by atoms with Crippen molar-refractivity contribution in [1.29, 1.82) is 0 Å². The lowest BCUT2D eigenvalue weighted by Gasteiger charge is -2.30. The summed E-state index contributed by atoms with van der Waals surface area (Å²) < 4.78 is 5.12. The molecule has 0 spiro atoms. The van der Waals surface area contributed by atoms with Crippen LogP contribution in [0.3, 0.4) is 0 Å². The van der Waals surface area contributed by atoms with Crippen LogP contribution in [0.4, 0.5) is 0 Å². The number of amides is 1. The molecule has 1 aromatic heterocycles. The van der Waals surface area contributed by atoms with Crippen molar-refractivity contribution in [2.75, 3.05) is 19.7 Å². The SMILES string of the molecule is O=C(O)[C@H]1CN(C(=O)c2ccc3[nH]ccc3c2)CCO1. The second-order valence-electron chi connectivity index (χ2n) is 4.73. The third kappa shape index (κ3) is 2.25.